The fourth-order valence-electron chi connectivity index (χ4n) is 2.13. The highest BCUT2D eigenvalue weighted by Gasteiger charge is 2.05. The van der Waals surface area contributed by atoms with Crippen LogP contribution < -0.4 is 11.5 Å². The molecule has 0 radical (unpaired) electrons. The van der Waals surface area contributed by atoms with Gasteiger partial charge < -0.3 is 11.5 Å². The van der Waals surface area contributed by atoms with Gasteiger partial charge in [0, 0.05) is 12.4 Å². The van der Waals surface area contributed by atoms with Crippen molar-refractivity contribution in [2.75, 3.05) is 11.5 Å². The van der Waals surface area contributed by atoms with Crippen molar-refractivity contribution in [1.29, 1.82) is 0 Å². The van der Waals surface area contributed by atoms with E-state index in [9.17, 15) is 0 Å². The lowest BCUT2D eigenvalue weighted by atomic mass is 10.0. The molecule has 0 heterocycles. The van der Waals surface area contributed by atoms with Gasteiger partial charge in [-0.2, -0.15) is 0 Å². The summed E-state index contributed by atoms with van der Waals surface area (Å²) in [5.41, 5.74) is 17.1. The summed E-state index contributed by atoms with van der Waals surface area (Å²) >= 11 is 0. The van der Waals surface area contributed by atoms with Gasteiger partial charge in [0.2, 0.25) is 0 Å². The van der Waals surface area contributed by atoms with E-state index in [1.54, 1.807) is 0 Å². The molecule has 126 valence electrons. The van der Waals surface area contributed by atoms with E-state index >= 15 is 0 Å². The fourth-order valence-corrected chi connectivity index (χ4v) is 2.13. The Morgan fingerprint density at radius 3 is 1.42 bits per heavy atom. The minimum absolute atomic E-state index is 0.376. The lowest BCUT2D eigenvalue weighted by molar-refractivity contribution is 0.907. The van der Waals surface area contributed by atoms with Gasteiger partial charge in [0.05, 0.1) is 22.7 Å². The van der Waals surface area contributed by atoms with Crippen molar-refractivity contribution in [1.82, 2.24) is 0 Å². The molecular weight excluding hydrogens is 296 g/mol. The molecule has 0 amide bonds. The maximum Gasteiger partial charge on any atom is 0.0861 e. The zero-order valence-electron chi connectivity index (χ0n) is 14.8. The number of benzene rings is 2. The first kappa shape index (κ1) is 17.7. The Bertz CT molecular complexity index is 693. The maximum atomic E-state index is 6.03. The third kappa shape index (κ3) is 4.69. The van der Waals surface area contributed by atoms with Gasteiger partial charge in [0.15, 0.2) is 0 Å². The summed E-state index contributed by atoms with van der Waals surface area (Å²) in [4.78, 5) is 8.97. The van der Waals surface area contributed by atoms with E-state index in [2.05, 4.69) is 37.7 Å². The molecule has 0 saturated carbocycles. The van der Waals surface area contributed by atoms with Crippen LogP contribution in [-0.2, 0) is 0 Å². The van der Waals surface area contributed by atoms with Gasteiger partial charge in [-0.25, -0.2) is 0 Å². The van der Waals surface area contributed by atoms with Gasteiger partial charge >= 0.3 is 0 Å². The molecule has 0 unspecified atom stereocenters. The second-order valence-corrected chi connectivity index (χ2v) is 6.59. The molecule has 0 aliphatic rings. The number of rotatable bonds is 5. The van der Waals surface area contributed by atoms with Gasteiger partial charge in [-0.1, -0.05) is 39.8 Å². The van der Waals surface area contributed by atoms with Gasteiger partial charge in [-0.15, -0.1) is 0 Å². The van der Waals surface area contributed by atoms with Crippen molar-refractivity contribution in [2.45, 2.75) is 27.7 Å². The smallest absolute Gasteiger partial charge is 0.0861 e. The van der Waals surface area contributed by atoms with Crippen molar-refractivity contribution in [3.8, 4) is 11.1 Å². The molecule has 4 nitrogen and oxygen atoms in total. The topological polar surface area (TPSA) is 76.8 Å². The summed E-state index contributed by atoms with van der Waals surface area (Å²) in [5, 5.41) is 0. The van der Waals surface area contributed by atoms with Gasteiger partial charge in [-0.3, -0.25) is 9.98 Å². The molecule has 4 heteroatoms. The van der Waals surface area contributed by atoms with Crippen molar-refractivity contribution in [3.63, 3.8) is 0 Å². The van der Waals surface area contributed by atoms with E-state index in [4.69, 9.17) is 11.5 Å². The van der Waals surface area contributed by atoms with E-state index in [0.717, 1.165) is 22.5 Å². The first-order valence-corrected chi connectivity index (χ1v) is 8.24. The Hall–Kier alpha value is -2.62. The van der Waals surface area contributed by atoms with E-state index in [1.807, 2.05) is 48.8 Å². The minimum atomic E-state index is 0.376. The standard InChI is InChI=1S/C20H26N4/c1-13(2)11-23-19-9-15(5-7-17(19)21)16-6-8-18(22)20(10-16)24-12-14(3)4/h5-14H,21-22H2,1-4H3. The van der Waals surface area contributed by atoms with E-state index < -0.39 is 0 Å². The molecule has 0 saturated heterocycles. The second-order valence-electron chi connectivity index (χ2n) is 6.59. The Labute approximate surface area is 144 Å². The summed E-state index contributed by atoms with van der Waals surface area (Å²) in [6.07, 6.45) is 3.80. The molecule has 0 aromatic heterocycles. The zero-order chi connectivity index (χ0) is 17.7. The van der Waals surface area contributed by atoms with Crippen molar-refractivity contribution in [2.24, 2.45) is 21.8 Å². The number of aliphatic imine (C=N–C) groups is 2. The summed E-state index contributed by atoms with van der Waals surface area (Å²) in [5.74, 6) is 0.753. The summed E-state index contributed by atoms with van der Waals surface area (Å²) < 4.78 is 0. The summed E-state index contributed by atoms with van der Waals surface area (Å²) in [7, 11) is 0. The summed E-state index contributed by atoms with van der Waals surface area (Å²) in [6.45, 7) is 8.34. The van der Waals surface area contributed by atoms with E-state index in [0.29, 0.717) is 23.2 Å². The quantitative estimate of drug-likeness (QED) is 0.583. The van der Waals surface area contributed by atoms with Crippen LogP contribution in [0.3, 0.4) is 0 Å². The predicted molar refractivity (Wildman–Crippen MR) is 107 cm³/mol. The van der Waals surface area contributed by atoms with Crippen molar-refractivity contribution >= 4 is 35.2 Å². The van der Waals surface area contributed by atoms with Crippen LogP contribution in [0.15, 0.2) is 46.4 Å². The van der Waals surface area contributed by atoms with Gasteiger partial charge in [0.25, 0.3) is 0 Å². The molecular formula is C20H26N4. The van der Waals surface area contributed by atoms with Crippen LogP contribution in [0.1, 0.15) is 27.7 Å². The Morgan fingerprint density at radius 1 is 0.708 bits per heavy atom. The third-order valence-electron chi connectivity index (χ3n) is 3.42. The van der Waals surface area contributed by atoms with Crippen LogP contribution in [0, 0.1) is 11.8 Å². The molecule has 4 N–H and O–H groups in total. The van der Waals surface area contributed by atoms with Crippen LogP contribution >= 0.6 is 0 Å². The number of hydrogen-bond acceptors (Lipinski definition) is 4. The molecule has 0 aliphatic heterocycles. The number of nitrogen functional groups attached to an aromatic ring is 2. The highest BCUT2D eigenvalue weighted by Crippen LogP contribution is 2.33. The number of nitrogens with zero attached hydrogens (tertiary/aromatic N) is 2. The van der Waals surface area contributed by atoms with E-state index in [1.165, 1.54) is 0 Å². The van der Waals surface area contributed by atoms with E-state index in [-0.39, 0.29) is 0 Å². The van der Waals surface area contributed by atoms with Gasteiger partial charge in [-0.05, 0) is 47.2 Å². The monoisotopic (exact) mass is 322 g/mol. The summed E-state index contributed by atoms with van der Waals surface area (Å²) in [6, 6.07) is 11.7. The molecule has 2 aromatic rings. The highest BCUT2D eigenvalue weighted by molar-refractivity contribution is 5.81. The predicted octanol–water partition coefficient (Wildman–Crippen LogP) is 5.23. The molecule has 0 fully saturated rings. The Balaban J connectivity index is 2.41. The lowest BCUT2D eigenvalue weighted by Gasteiger charge is -2.08. The van der Waals surface area contributed by atoms with Crippen LogP contribution in [-0.4, -0.2) is 12.4 Å². The molecule has 0 aliphatic carbocycles. The van der Waals surface area contributed by atoms with Crippen LogP contribution in [0.5, 0.6) is 0 Å². The van der Waals surface area contributed by atoms with Crippen molar-refractivity contribution in [3.05, 3.63) is 36.4 Å². The van der Waals surface area contributed by atoms with Crippen LogP contribution in [0.4, 0.5) is 22.7 Å². The molecule has 0 atom stereocenters. The van der Waals surface area contributed by atoms with Gasteiger partial charge in [0.1, 0.15) is 0 Å². The first-order chi connectivity index (χ1) is 11.4. The molecule has 24 heavy (non-hydrogen) atoms. The molecule has 2 rings (SSSR count). The van der Waals surface area contributed by atoms with Crippen LogP contribution in [0.25, 0.3) is 11.1 Å². The molecule has 0 spiro atoms. The molecule has 2 aromatic carbocycles. The number of anilines is 2. The zero-order valence-corrected chi connectivity index (χ0v) is 14.8. The second kappa shape index (κ2) is 7.77. The minimum Gasteiger partial charge on any atom is -0.397 e. The number of hydrogen-bond donors (Lipinski definition) is 2. The largest absolute Gasteiger partial charge is 0.397 e. The first-order valence-electron chi connectivity index (χ1n) is 8.24. The highest BCUT2D eigenvalue weighted by atomic mass is 14.8. The number of nitrogens with two attached hydrogens (primary N) is 2. The third-order valence-corrected chi connectivity index (χ3v) is 3.42. The Kier molecular flexibility index (Phi) is 5.74. The van der Waals surface area contributed by atoms with Crippen LogP contribution in [0.2, 0.25) is 0 Å². The van der Waals surface area contributed by atoms with Crippen molar-refractivity contribution < 1.29 is 0 Å². The average molecular weight is 322 g/mol. The normalized spacial score (nSPS) is 12.1. The molecule has 0 bridgehead atoms. The SMILES string of the molecule is CC(C)C=Nc1cc(-c2ccc(N)c(N=CC(C)C)c2)ccc1N. The Morgan fingerprint density at radius 2 is 1.08 bits per heavy atom. The lowest BCUT2D eigenvalue weighted by Crippen LogP contribution is -1.91. The maximum absolute atomic E-state index is 6.03. The average Bonchev–Trinajstić information content (AvgIpc) is 2.53. The fraction of sp³-hybridized carbons (Fsp3) is 0.300.